The maximum atomic E-state index is 11.7. The van der Waals surface area contributed by atoms with Crippen LogP contribution in [0, 0.1) is 0 Å². The molecular weight excluding hydrogens is 236 g/mol. The molecular formula is C12H22N2O2S. The number of hydrogen-bond donors (Lipinski definition) is 2. The number of nitrogens with one attached hydrogen (secondary N) is 1. The summed E-state index contributed by atoms with van der Waals surface area (Å²) in [5.74, 6) is -0.117. The number of thiocarbonyl (C=S) groups is 1. The summed E-state index contributed by atoms with van der Waals surface area (Å²) >= 11 is 5.10. The Morgan fingerprint density at radius 1 is 1.41 bits per heavy atom. The molecule has 0 aromatic carbocycles. The maximum absolute atomic E-state index is 11.7. The van der Waals surface area contributed by atoms with Gasteiger partial charge in [-0.15, -0.1) is 0 Å². The highest BCUT2D eigenvalue weighted by molar-refractivity contribution is 7.80. The predicted molar refractivity (Wildman–Crippen MR) is 71.9 cm³/mol. The Morgan fingerprint density at radius 3 is 2.59 bits per heavy atom. The highest BCUT2D eigenvalue weighted by Gasteiger charge is 2.36. The van der Waals surface area contributed by atoms with Crippen molar-refractivity contribution in [2.24, 2.45) is 5.73 Å². The molecule has 0 bridgehead atoms. The average Bonchev–Trinajstić information content (AvgIpc) is 2.30. The van der Waals surface area contributed by atoms with E-state index in [1.807, 2.05) is 6.92 Å². The Labute approximate surface area is 108 Å². The van der Waals surface area contributed by atoms with Gasteiger partial charge in [0, 0.05) is 6.61 Å². The van der Waals surface area contributed by atoms with Gasteiger partial charge in [0.1, 0.15) is 6.61 Å². The zero-order valence-corrected chi connectivity index (χ0v) is 11.3. The fourth-order valence-electron chi connectivity index (χ4n) is 2.20. The van der Waals surface area contributed by atoms with Gasteiger partial charge in [0.25, 0.3) is 0 Å². The Morgan fingerprint density at radius 2 is 2.06 bits per heavy atom. The van der Waals surface area contributed by atoms with Crippen LogP contribution in [0.25, 0.3) is 0 Å². The lowest BCUT2D eigenvalue weighted by Gasteiger charge is -2.37. The van der Waals surface area contributed by atoms with Crippen LogP contribution in [0.15, 0.2) is 0 Å². The van der Waals surface area contributed by atoms with E-state index < -0.39 is 5.54 Å². The number of rotatable bonds is 6. The average molecular weight is 258 g/mol. The minimum absolute atomic E-state index is 0.0954. The van der Waals surface area contributed by atoms with Crippen molar-refractivity contribution in [2.75, 3.05) is 13.2 Å². The summed E-state index contributed by atoms with van der Waals surface area (Å²) < 4.78 is 5.21. The fourth-order valence-corrected chi connectivity index (χ4v) is 2.46. The summed E-state index contributed by atoms with van der Waals surface area (Å²) in [4.78, 5) is 12.1. The summed E-state index contributed by atoms with van der Waals surface area (Å²) in [6.07, 6.45) is 5.92. The van der Waals surface area contributed by atoms with Gasteiger partial charge in [-0.3, -0.25) is 4.79 Å². The fraction of sp³-hybridized carbons (Fsp3) is 0.833. The van der Waals surface area contributed by atoms with Crippen molar-refractivity contribution in [2.45, 2.75) is 51.0 Å². The van der Waals surface area contributed by atoms with E-state index in [1.54, 1.807) is 0 Å². The lowest BCUT2D eigenvalue weighted by molar-refractivity contribution is -0.127. The molecule has 0 atom stereocenters. The number of ether oxygens (including phenoxy) is 1. The molecule has 1 aliphatic carbocycles. The first-order valence-corrected chi connectivity index (χ1v) is 6.70. The third-order valence-electron chi connectivity index (χ3n) is 3.14. The lowest BCUT2D eigenvalue weighted by atomic mass is 9.81. The second-order valence-electron chi connectivity index (χ2n) is 4.61. The van der Waals surface area contributed by atoms with Crippen LogP contribution in [0.5, 0.6) is 0 Å². The van der Waals surface area contributed by atoms with E-state index >= 15 is 0 Å². The van der Waals surface area contributed by atoms with Crippen molar-refractivity contribution in [3.63, 3.8) is 0 Å². The van der Waals surface area contributed by atoms with Gasteiger partial charge in [0.15, 0.2) is 0 Å². The van der Waals surface area contributed by atoms with E-state index in [-0.39, 0.29) is 12.5 Å². The number of amides is 1. The molecule has 0 aromatic heterocycles. The van der Waals surface area contributed by atoms with Gasteiger partial charge in [-0.1, -0.05) is 38.4 Å². The summed E-state index contributed by atoms with van der Waals surface area (Å²) in [6.45, 7) is 2.71. The zero-order chi connectivity index (χ0) is 12.7. The molecule has 5 heteroatoms. The minimum Gasteiger partial charge on any atom is -0.391 e. The molecule has 0 saturated heterocycles. The Kier molecular flexibility index (Phi) is 5.85. The summed E-state index contributed by atoms with van der Waals surface area (Å²) in [5.41, 5.74) is 5.31. The molecule has 0 aromatic rings. The van der Waals surface area contributed by atoms with E-state index in [2.05, 4.69) is 5.32 Å². The first kappa shape index (κ1) is 14.4. The second-order valence-corrected chi connectivity index (χ2v) is 5.05. The molecule has 17 heavy (non-hydrogen) atoms. The highest BCUT2D eigenvalue weighted by atomic mass is 32.1. The third-order valence-corrected chi connectivity index (χ3v) is 3.53. The number of carbonyl (C=O) groups excluding carboxylic acids is 1. The first-order valence-electron chi connectivity index (χ1n) is 6.29. The van der Waals surface area contributed by atoms with Crippen LogP contribution < -0.4 is 11.1 Å². The maximum Gasteiger partial charge on any atom is 0.246 e. The van der Waals surface area contributed by atoms with Crippen molar-refractivity contribution < 1.29 is 9.53 Å². The molecule has 1 saturated carbocycles. The van der Waals surface area contributed by atoms with E-state index in [0.29, 0.717) is 11.6 Å². The van der Waals surface area contributed by atoms with Gasteiger partial charge in [-0.2, -0.15) is 0 Å². The molecule has 1 amide bonds. The van der Waals surface area contributed by atoms with E-state index in [4.69, 9.17) is 22.7 Å². The lowest BCUT2D eigenvalue weighted by Crippen LogP contribution is -2.58. The van der Waals surface area contributed by atoms with E-state index in [1.165, 1.54) is 6.42 Å². The van der Waals surface area contributed by atoms with Crippen molar-refractivity contribution in [3.8, 4) is 0 Å². The van der Waals surface area contributed by atoms with Crippen LogP contribution in [0.4, 0.5) is 0 Å². The van der Waals surface area contributed by atoms with Gasteiger partial charge < -0.3 is 15.8 Å². The molecule has 0 unspecified atom stereocenters. The van der Waals surface area contributed by atoms with Crippen molar-refractivity contribution in [1.82, 2.24) is 5.32 Å². The summed E-state index contributed by atoms with van der Waals surface area (Å²) in [7, 11) is 0. The van der Waals surface area contributed by atoms with Crippen LogP contribution >= 0.6 is 12.2 Å². The summed E-state index contributed by atoms with van der Waals surface area (Å²) in [5, 5.41) is 2.96. The van der Waals surface area contributed by atoms with Crippen molar-refractivity contribution in [1.29, 1.82) is 0 Å². The highest BCUT2D eigenvalue weighted by Crippen LogP contribution is 2.28. The minimum atomic E-state index is -0.472. The Balaban J connectivity index is 2.48. The number of hydrogen-bond acceptors (Lipinski definition) is 3. The van der Waals surface area contributed by atoms with Gasteiger partial charge in [0.05, 0.1) is 10.5 Å². The van der Waals surface area contributed by atoms with Crippen molar-refractivity contribution >= 4 is 23.1 Å². The van der Waals surface area contributed by atoms with Gasteiger partial charge in [0.2, 0.25) is 5.91 Å². The molecule has 0 radical (unpaired) electrons. The molecule has 1 rings (SSSR count). The number of carbonyl (C=O) groups is 1. The normalized spacial score (nSPS) is 18.6. The zero-order valence-electron chi connectivity index (χ0n) is 10.5. The Hall–Kier alpha value is -0.680. The third kappa shape index (κ3) is 4.24. The quantitative estimate of drug-likeness (QED) is 0.560. The molecule has 0 spiro atoms. The first-order chi connectivity index (χ1) is 8.10. The van der Waals surface area contributed by atoms with Gasteiger partial charge >= 0.3 is 0 Å². The largest absolute Gasteiger partial charge is 0.391 e. The molecule has 1 fully saturated rings. The van der Waals surface area contributed by atoms with E-state index in [9.17, 15) is 4.79 Å². The van der Waals surface area contributed by atoms with Crippen molar-refractivity contribution in [3.05, 3.63) is 0 Å². The molecule has 1 aliphatic rings. The number of nitrogens with two attached hydrogens (primary N) is 1. The van der Waals surface area contributed by atoms with Gasteiger partial charge in [-0.25, -0.2) is 0 Å². The summed E-state index contributed by atoms with van der Waals surface area (Å²) in [6, 6.07) is 0. The molecule has 0 heterocycles. The topological polar surface area (TPSA) is 64.3 Å². The predicted octanol–water partition coefficient (Wildman–Crippen LogP) is 1.52. The molecule has 3 N–H and O–H groups in total. The van der Waals surface area contributed by atoms with Crippen LogP contribution in [0.3, 0.4) is 0 Å². The SMILES string of the molecule is CCCOCC(=O)NC1(C(N)=S)CCCCC1. The van der Waals surface area contributed by atoms with E-state index in [0.717, 1.165) is 32.1 Å². The molecule has 0 aliphatic heterocycles. The van der Waals surface area contributed by atoms with Crippen LogP contribution in [-0.2, 0) is 9.53 Å². The van der Waals surface area contributed by atoms with Crippen LogP contribution in [0.2, 0.25) is 0 Å². The van der Waals surface area contributed by atoms with Crippen LogP contribution in [0.1, 0.15) is 45.4 Å². The van der Waals surface area contributed by atoms with Gasteiger partial charge in [-0.05, 0) is 19.3 Å². The monoisotopic (exact) mass is 258 g/mol. The smallest absolute Gasteiger partial charge is 0.246 e. The second kappa shape index (κ2) is 6.91. The van der Waals surface area contributed by atoms with Crippen LogP contribution in [-0.4, -0.2) is 29.6 Å². The Bertz CT molecular complexity index is 276. The molecule has 4 nitrogen and oxygen atoms in total. The molecule has 98 valence electrons. The standard InChI is InChI=1S/C12H22N2O2S/c1-2-8-16-9-10(15)14-12(11(13)17)6-4-3-5-7-12/h2-9H2,1H3,(H2,13,17)(H,14,15).